The van der Waals surface area contributed by atoms with Gasteiger partial charge in [-0.25, -0.2) is 9.59 Å². The van der Waals surface area contributed by atoms with E-state index in [1.807, 2.05) is 30.9 Å². The minimum atomic E-state index is -5.08. The van der Waals surface area contributed by atoms with Crippen molar-refractivity contribution in [1.82, 2.24) is 14.7 Å². The lowest BCUT2D eigenvalue weighted by Gasteiger charge is -2.35. The number of aromatic nitrogens is 2. The summed E-state index contributed by atoms with van der Waals surface area (Å²) in [5.74, 6) is -2.72. The van der Waals surface area contributed by atoms with E-state index in [2.05, 4.69) is 16.1 Å². The molecule has 1 unspecified atom stereocenters. The second-order valence-corrected chi connectivity index (χ2v) is 8.51. The standard InChI is InChI=1S/C18H25N3O2.2C2HF3O2/c1-13-3-6-16(23-13)10-21-8-7-15-9-19-20(2)18(15)17(21)12-22-11-14-4-5-14;2*3-2(4,5)1(6)7/h3,6,9,14,17H,4-5,7-8,10-12H2,1-2H3;2*(H,6,7). The van der Waals surface area contributed by atoms with Gasteiger partial charge in [-0.15, -0.1) is 0 Å². The molecule has 0 aromatic carbocycles. The molecule has 1 saturated carbocycles. The zero-order chi connectivity index (χ0) is 28.0. The highest BCUT2D eigenvalue weighted by Gasteiger charge is 2.39. The second kappa shape index (κ2) is 12.4. The summed E-state index contributed by atoms with van der Waals surface area (Å²) < 4.78 is 77.3. The first-order chi connectivity index (χ1) is 17.1. The van der Waals surface area contributed by atoms with Gasteiger partial charge < -0.3 is 19.4 Å². The Bertz CT molecular complexity index is 1020. The highest BCUT2D eigenvalue weighted by molar-refractivity contribution is 5.73. The van der Waals surface area contributed by atoms with Crippen molar-refractivity contribution in [3.05, 3.63) is 41.1 Å². The fraction of sp³-hybridized carbons (Fsp3) is 0.591. The van der Waals surface area contributed by atoms with E-state index in [-0.39, 0.29) is 6.04 Å². The lowest BCUT2D eigenvalue weighted by molar-refractivity contribution is -0.193. The predicted molar refractivity (Wildman–Crippen MR) is 114 cm³/mol. The molecule has 4 rings (SSSR count). The molecule has 0 saturated heterocycles. The topological polar surface area (TPSA) is 118 Å². The van der Waals surface area contributed by atoms with E-state index in [1.54, 1.807) is 0 Å². The number of ether oxygens (including phenoxy) is 1. The third-order valence-electron chi connectivity index (χ3n) is 5.46. The zero-order valence-corrected chi connectivity index (χ0v) is 20.0. The van der Waals surface area contributed by atoms with Crippen LogP contribution in [0.25, 0.3) is 0 Å². The molecule has 3 heterocycles. The average molecular weight is 543 g/mol. The summed E-state index contributed by atoms with van der Waals surface area (Å²) in [5.41, 5.74) is 2.66. The molecule has 2 aliphatic rings. The summed E-state index contributed by atoms with van der Waals surface area (Å²) in [6, 6.07) is 4.37. The third kappa shape index (κ3) is 9.72. The summed E-state index contributed by atoms with van der Waals surface area (Å²) in [7, 11) is 2.03. The lowest BCUT2D eigenvalue weighted by atomic mass is 10.00. The largest absolute Gasteiger partial charge is 0.490 e. The Morgan fingerprint density at radius 2 is 1.65 bits per heavy atom. The summed E-state index contributed by atoms with van der Waals surface area (Å²) >= 11 is 0. The van der Waals surface area contributed by atoms with Crippen LogP contribution >= 0.6 is 0 Å². The van der Waals surface area contributed by atoms with Crippen LogP contribution < -0.4 is 0 Å². The van der Waals surface area contributed by atoms with Crippen LogP contribution in [-0.4, -0.2) is 68.9 Å². The molecule has 2 N–H and O–H groups in total. The zero-order valence-electron chi connectivity index (χ0n) is 20.0. The average Bonchev–Trinajstić information content (AvgIpc) is 3.40. The number of halogens is 6. The van der Waals surface area contributed by atoms with Crippen LogP contribution in [0.4, 0.5) is 26.3 Å². The third-order valence-corrected chi connectivity index (χ3v) is 5.46. The first-order valence-corrected chi connectivity index (χ1v) is 11.1. The first kappa shape index (κ1) is 30.2. The van der Waals surface area contributed by atoms with Crippen molar-refractivity contribution in [2.45, 2.75) is 51.1 Å². The number of carboxylic acids is 2. The van der Waals surface area contributed by atoms with E-state index in [1.165, 1.54) is 24.1 Å². The maximum absolute atomic E-state index is 10.6. The summed E-state index contributed by atoms with van der Waals surface area (Å²) in [6.45, 7) is 5.49. The van der Waals surface area contributed by atoms with Crippen LogP contribution in [-0.2, 0) is 34.3 Å². The van der Waals surface area contributed by atoms with Crippen LogP contribution in [0, 0.1) is 12.8 Å². The quantitative estimate of drug-likeness (QED) is 0.523. The van der Waals surface area contributed by atoms with Crippen molar-refractivity contribution < 1.29 is 55.3 Å². The van der Waals surface area contributed by atoms with E-state index in [4.69, 9.17) is 29.0 Å². The molecule has 0 radical (unpaired) electrons. The van der Waals surface area contributed by atoms with Crippen molar-refractivity contribution >= 4 is 11.9 Å². The first-order valence-electron chi connectivity index (χ1n) is 11.1. The van der Waals surface area contributed by atoms with Gasteiger partial charge in [-0.05, 0) is 49.8 Å². The molecular formula is C22H27F6N3O6. The van der Waals surface area contributed by atoms with Gasteiger partial charge in [0.2, 0.25) is 0 Å². The number of nitrogens with zero attached hydrogens (tertiary/aromatic N) is 3. The van der Waals surface area contributed by atoms with Crippen molar-refractivity contribution in [2.75, 3.05) is 19.8 Å². The van der Waals surface area contributed by atoms with Crippen molar-refractivity contribution in [3.8, 4) is 0 Å². The Kier molecular flexibility index (Phi) is 10.1. The number of fused-ring (bicyclic) bond motifs is 1. The van der Waals surface area contributed by atoms with Gasteiger partial charge in [0.25, 0.3) is 0 Å². The number of aliphatic carboxylic acids is 2. The van der Waals surface area contributed by atoms with Gasteiger partial charge in [-0.2, -0.15) is 31.4 Å². The number of hydrogen-bond acceptors (Lipinski definition) is 6. The summed E-state index contributed by atoms with van der Waals surface area (Å²) in [4.78, 5) is 20.3. The fourth-order valence-electron chi connectivity index (χ4n) is 3.48. The van der Waals surface area contributed by atoms with Crippen molar-refractivity contribution in [2.24, 2.45) is 13.0 Å². The highest BCUT2D eigenvalue weighted by atomic mass is 19.4. The van der Waals surface area contributed by atoms with E-state index in [9.17, 15) is 26.3 Å². The fourth-order valence-corrected chi connectivity index (χ4v) is 3.48. The van der Waals surface area contributed by atoms with Crippen LogP contribution in [0.2, 0.25) is 0 Å². The van der Waals surface area contributed by atoms with E-state index in [0.717, 1.165) is 50.2 Å². The molecule has 1 atom stereocenters. The van der Waals surface area contributed by atoms with E-state index < -0.39 is 24.3 Å². The Morgan fingerprint density at radius 3 is 2.11 bits per heavy atom. The smallest absolute Gasteiger partial charge is 0.475 e. The molecule has 37 heavy (non-hydrogen) atoms. The van der Waals surface area contributed by atoms with Crippen LogP contribution in [0.5, 0.6) is 0 Å². The number of hydrogen-bond donors (Lipinski definition) is 2. The normalized spacial score (nSPS) is 17.7. The highest BCUT2D eigenvalue weighted by Crippen LogP contribution is 2.33. The summed E-state index contributed by atoms with van der Waals surface area (Å²) in [6.07, 6.45) is -4.45. The molecular weight excluding hydrogens is 516 g/mol. The molecule has 0 bridgehead atoms. The Hall–Kier alpha value is -3.07. The molecule has 2 aromatic heterocycles. The lowest BCUT2D eigenvalue weighted by Crippen LogP contribution is -2.38. The van der Waals surface area contributed by atoms with Gasteiger partial charge in [-0.1, -0.05) is 0 Å². The maximum Gasteiger partial charge on any atom is 0.490 e. The number of alkyl halides is 6. The number of carbonyl (C=O) groups is 2. The van der Waals surface area contributed by atoms with Gasteiger partial charge in [0, 0.05) is 20.2 Å². The van der Waals surface area contributed by atoms with Crippen LogP contribution in [0.3, 0.4) is 0 Å². The number of carboxylic acid groups (broad SMARTS) is 2. The van der Waals surface area contributed by atoms with E-state index in [0.29, 0.717) is 0 Å². The van der Waals surface area contributed by atoms with Gasteiger partial charge in [0.15, 0.2) is 0 Å². The minimum absolute atomic E-state index is 0.260. The molecule has 0 spiro atoms. The van der Waals surface area contributed by atoms with Gasteiger partial charge in [0.05, 0.1) is 31.1 Å². The predicted octanol–water partition coefficient (Wildman–Crippen LogP) is 4.11. The molecule has 0 amide bonds. The van der Waals surface area contributed by atoms with Gasteiger partial charge in [-0.3, -0.25) is 9.58 Å². The molecule has 208 valence electrons. The second-order valence-electron chi connectivity index (χ2n) is 8.51. The minimum Gasteiger partial charge on any atom is -0.475 e. The summed E-state index contributed by atoms with van der Waals surface area (Å²) in [5, 5.41) is 18.7. The van der Waals surface area contributed by atoms with Crippen LogP contribution in [0.15, 0.2) is 22.7 Å². The Morgan fingerprint density at radius 1 is 1.08 bits per heavy atom. The van der Waals surface area contributed by atoms with Crippen molar-refractivity contribution in [3.63, 3.8) is 0 Å². The number of aryl methyl sites for hydroxylation is 2. The molecule has 9 nitrogen and oxygen atoms in total. The monoisotopic (exact) mass is 543 g/mol. The number of furan rings is 1. The Labute approximate surface area is 207 Å². The van der Waals surface area contributed by atoms with Crippen LogP contribution in [0.1, 0.15) is 41.7 Å². The van der Waals surface area contributed by atoms with Crippen molar-refractivity contribution in [1.29, 1.82) is 0 Å². The molecule has 1 aliphatic carbocycles. The van der Waals surface area contributed by atoms with Gasteiger partial charge in [0.1, 0.15) is 11.5 Å². The molecule has 1 aliphatic heterocycles. The molecule has 2 aromatic rings. The van der Waals surface area contributed by atoms with Gasteiger partial charge >= 0.3 is 24.3 Å². The molecule has 15 heteroatoms. The maximum atomic E-state index is 10.6. The SMILES string of the molecule is Cc1ccc(CN2CCc3cnn(C)c3C2COCC2CC2)o1.O=C(O)C(F)(F)F.O=C(O)C(F)(F)F. The molecule has 1 fully saturated rings. The number of rotatable bonds is 6. The Balaban J connectivity index is 0.000000286. The van der Waals surface area contributed by atoms with E-state index >= 15 is 0 Å².